The van der Waals surface area contributed by atoms with E-state index in [4.69, 9.17) is 10.2 Å². The van der Waals surface area contributed by atoms with Crippen LogP contribution < -0.4 is 12.3 Å². The van der Waals surface area contributed by atoms with Gasteiger partial charge in [0.05, 0.1) is 0 Å². The second kappa shape index (κ2) is 4.69. The SMILES string of the molecule is N.N.O=C(O)C1(C(=O)O)CC[CH]1[Pt]. The van der Waals surface area contributed by atoms with Gasteiger partial charge in [-0.25, -0.2) is 0 Å². The van der Waals surface area contributed by atoms with Crippen molar-refractivity contribution in [2.45, 2.75) is 17.1 Å². The Balaban J connectivity index is 0. The molecule has 0 heterocycles. The van der Waals surface area contributed by atoms with Crippen molar-refractivity contribution in [3.63, 3.8) is 0 Å². The Bertz CT molecular complexity index is 207. The Labute approximate surface area is 86.8 Å². The van der Waals surface area contributed by atoms with Crippen LogP contribution in [0.2, 0.25) is 4.31 Å². The zero-order valence-corrected chi connectivity index (χ0v) is 9.21. The van der Waals surface area contributed by atoms with Gasteiger partial charge < -0.3 is 12.3 Å². The second-order valence-electron chi connectivity index (χ2n) is 2.54. The molecule has 0 amide bonds. The van der Waals surface area contributed by atoms with Crippen molar-refractivity contribution in [3.8, 4) is 0 Å². The molecule has 8 N–H and O–H groups in total. The van der Waals surface area contributed by atoms with Crippen molar-refractivity contribution in [1.29, 1.82) is 0 Å². The molecule has 81 valence electrons. The molecule has 0 radical (unpaired) electrons. The van der Waals surface area contributed by atoms with Gasteiger partial charge in [-0.05, 0) is 0 Å². The summed E-state index contributed by atoms with van der Waals surface area (Å²) in [5, 5.41) is 17.3. The third-order valence-electron chi connectivity index (χ3n) is 2.04. The van der Waals surface area contributed by atoms with Crippen LogP contribution in [0.5, 0.6) is 0 Å². The van der Waals surface area contributed by atoms with E-state index in [9.17, 15) is 9.59 Å². The van der Waals surface area contributed by atoms with E-state index in [0.29, 0.717) is 6.42 Å². The topological polar surface area (TPSA) is 145 Å². The van der Waals surface area contributed by atoms with E-state index in [2.05, 4.69) is 0 Å². The molecule has 0 spiro atoms. The molecule has 1 fully saturated rings. The van der Waals surface area contributed by atoms with Gasteiger partial charge in [-0.2, -0.15) is 0 Å². The summed E-state index contributed by atoms with van der Waals surface area (Å²) in [6.07, 6.45) is 0.936. The minimum atomic E-state index is -1.50. The van der Waals surface area contributed by atoms with Crippen molar-refractivity contribution in [2.24, 2.45) is 5.41 Å². The summed E-state index contributed by atoms with van der Waals surface area (Å²) in [5.41, 5.74) is -1.50. The van der Waals surface area contributed by atoms with E-state index in [1.165, 1.54) is 0 Å². The maximum absolute atomic E-state index is 10.6. The number of carbonyl (C=O) groups is 2. The van der Waals surface area contributed by atoms with Gasteiger partial charge in [-0.1, -0.05) is 0 Å². The molecule has 1 rings (SSSR count). The van der Waals surface area contributed by atoms with Crippen LogP contribution in [0.15, 0.2) is 0 Å². The quantitative estimate of drug-likeness (QED) is 0.522. The Hall–Kier alpha value is -0.452. The van der Waals surface area contributed by atoms with Crippen molar-refractivity contribution < 1.29 is 39.6 Å². The first-order valence-corrected chi connectivity index (χ1v) is 4.40. The standard InChI is InChI=1S/C6H7O4.2H3N.Pt/c7-4(8)6(5(9)10)2-1-3-6;;;/h2H,1,3H2,(H,7,8)(H,9,10);2*1H3;. The molecule has 0 aromatic carbocycles. The van der Waals surface area contributed by atoms with Gasteiger partial charge >= 0.3 is 74.1 Å². The van der Waals surface area contributed by atoms with Crippen molar-refractivity contribution in [2.75, 3.05) is 0 Å². The fraction of sp³-hybridized carbons (Fsp3) is 0.667. The Morgan fingerprint density at radius 1 is 1.23 bits per heavy atom. The summed E-state index contributed by atoms with van der Waals surface area (Å²) in [5.74, 6) is -2.42. The molecular weight excluding hydrogens is 359 g/mol. The first-order valence-electron chi connectivity index (χ1n) is 3.09. The van der Waals surface area contributed by atoms with Crippen molar-refractivity contribution in [1.82, 2.24) is 12.3 Å². The van der Waals surface area contributed by atoms with Crippen LogP contribution in [-0.4, -0.2) is 22.2 Å². The van der Waals surface area contributed by atoms with Crippen molar-refractivity contribution in [3.05, 3.63) is 0 Å². The number of hydrogen-bond acceptors (Lipinski definition) is 4. The van der Waals surface area contributed by atoms with Crippen LogP contribution in [0.1, 0.15) is 12.8 Å². The molecule has 13 heavy (non-hydrogen) atoms. The third-order valence-corrected chi connectivity index (χ3v) is 3.82. The molecule has 1 aliphatic carbocycles. The van der Waals surface area contributed by atoms with E-state index in [0.717, 1.165) is 0 Å². The predicted molar refractivity (Wildman–Crippen MR) is 40.7 cm³/mol. The van der Waals surface area contributed by atoms with E-state index in [1.54, 1.807) is 0 Å². The average molecular weight is 372 g/mol. The second-order valence-corrected chi connectivity index (χ2v) is 4.13. The molecule has 0 aromatic rings. The first kappa shape index (κ1) is 15.0. The molecule has 6 nitrogen and oxygen atoms in total. The van der Waals surface area contributed by atoms with Gasteiger partial charge in [0.15, 0.2) is 0 Å². The third kappa shape index (κ3) is 1.90. The fourth-order valence-corrected chi connectivity index (χ4v) is 2.30. The number of carboxylic acids is 2. The van der Waals surface area contributed by atoms with Gasteiger partial charge in [-0.15, -0.1) is 0 Å². The minimum absolute atomic E-state index is 0. The molecule has 1 atom stereocenters. The molecule has 0 aromatic heterocycles. The number of aliphatic carboxylic acids is 2. The van der Waals surface area contributed by atoms with Crippen LogP contribution in [0.4, 0.5) is 0 Å². The summed E-state index contributed by atoms with van der Waals surface area (Å²) in [6, 6.07) is 0. The van der Waals surface area contributed by atoms with Crippen LogP contribution >= 0.6 is 0 Å². The summed E-state index contributed by atoms with van der Waals surface area (Å²) < 4.78 is -0.266. The zero-order valence-electron chi connectivity index (χ0n) is 6.93. The van der Waals surface area contributed by atoms with E-state index in [1.807, 2.05) is 19.8 Å². The summed E-state index contributed by atoms with van der Waals surface area (Å²) >= 11 is 1.86. The summed E-state index contributed by atoms with van der Waals surface area (Å²) in [7, 11) is 0. The molecule has 7 heteroatoms. The van der Waals surface area contributed by atoms with Crippen LogP contribution in [-0.2, 0) is 29.4 Å². The summed E-state index contributed by atoms with van der Waals surface area (Å²) in [6.45, 7) is 0. The molecule has 1 aliphatic rings. The first-order chi connectivity index (χ1) is 5.01. The molecular formula is C6H13N2O4Pt. The van der Waals surface area contributed by atoms with Crippen LogP contribution in [0.3, 0.4) is 0 Å². The molecule has 1 unspecified atom stereocenters. The Morgan fingerprint density at radius 3 is 1.62 bits per heavy atom. The molecule has 0 saturated heterocycles. The van der Waals surface area contributed by atoms with E-state index in [-0.39, 0.29) is 23.0 Å². The maximum atomic E-state index is 10.6. The predicted octanol–water partition coefficient (Wildman–Crippen LogP) is 0.595. The van der Waals surface area contributed by atoms with Gasteiger partial charge in [-0.3, -0.25) is 0 Å². The van der Waals surface area contributed by atoms with Crippen LogP contribution in [0.25, 0.3) is 0 Å². The van der Waals surface area contributed by atoms with Gasteiger partial charge in [0.25, 0.3) is 0 Å². The van der Waals surface area contributed by atoms with Crippen LogP contribution in [0, 0.1) is 5.41 Å². The van der Waals surface area contributed by atoms with Gasteiger partial charge in [0.2, 0.25) is 0 Å². The fourth-order valence-electron chi connectivity index (χ4n) is 1.08. The number of carboxylic acid groups (broad SMARTS) is 2. The number of hydrogen-bond donors (Lipinski definition) is 4. The zero-order chi connectivity index (χ0) is 8.65. The summed E-state index contributed by atoms with van der Waals surface area (Å²) in [4.78, 5) is 21.1. The molecule has 1 saturated carbocycles. The average Bonchev–Trinajstić information content (AvgIpc) is 1.83. The van der Waals surface area contributed by atoms with E-state index >= 15 is 0 Å². The monoisotopic (exact) mass is 372 g/mol. The Kier molecular flexibility index (Phi) is 5.43. The normalized spacial score (nSPS) is 23.1. The van der Waals surface area contributed by atoms with Crippen molar-refractivity contribution >= 4 is 11.9 Å². The van der Waals surface area contributed by atoms with Gasteiger partial charge in [0, 0.05) is 0 Å². The number of rotatable bonds is 2. The molecule has 0 bridgehead atoms. The van der Waals surface area contributed by atoms with E-state index < -0.39 is 17.4 Å². The molecule has 0 aliphatic heterocycles. The van der Waals surface area contributed by atoms with Gasteiger partial charge in [0.1, 0.15) is 0 Å². The Morgan fingerprint density at radius 2 is 1.62 bits per heavy atom.